The average molecular weight is 439 g/mol. The van der Waals surface area contributed by atoms with Gasteiger partial charge in [0.25, 0.3) is 0 Å². The van der Waals surface area contributed by atoms with Gasteiger partial charge in [-0.1, -0.05) is 6.07 Å². The first-order chi connectivity index (χ1) is 11.4. The summed E-state index contributed by atoms with van der Waals surface area (Å²) in [6, 6.07) is 11.2. The van der Waals surface area contributed by atoms with Crippen molar-refractivity contribution in [1.29, 1.82) is 0 Å². The smallest absolute Gasteiger partial charge is 0.344 e. The quantitative estimate of drug-likeness (QED) is 0.541. The van der Waals surface area contributed by atoms with Gasteiger partial charge < -0.3 is 14.6 Å². The summed E-state index contributed by atoms with van der Waals surface area (Å²) in [5.74, 6) is -0.219. The number of hydrogen-bond donors (Lipinski definition) is 1. The van der Waals surface area contributed by atoms with E-state index >= 15 is 0 Å². The molecule has 1 atom stereocenters. The van der Waals surface area contributed by atoms with Crippen molar-refractivity contribution in [3.05, 3.63) is 51.1 Å². The molecule has 24 heavy (non-hydrogen) atoms. The molecule has 2 aromatic carbocycles. The lowest BCUT2D eigenvalue weighted by Crippen LogP contribution is -2.23. The molecule has 0 amide bonds. The highest BCUT2D eigenvalue weighted by Crippen LogP contribution is 2.31. The lowest BCUT2D eigenvalue weighted by atomic mass is 10.2. The van der Waals surface area contributed by atoms with Crippen LogP contribution >= 0.6 is 22.6 Å². The molecule has 0 aromatic heterocycles. The summed E-state index contributed by atoms with van der Waals surface area (Å²) in [5, 5.41) is 9.06. The highest BCUT2D eigenvalue weighted by molar-refractivity contribution is 14.1. The molecule has 1 N–H and O–H groups in total. The average Bonchev–Trinajstić information content (AvgIpc) is 2.56. The minimum Gasteiger partial charge on any atom is -0.493 e. The zero-order valence-electron chi connectivity index (χ0n) is 13.6. The minimum absolute atomic E-state index is 0.362. The SMILES string of the molecule is COc1cccc(C=Nc2ccc(I)c(C)c2)c1O[C@@H](C)C(=O)O. The van der Waals surface area contributed by atoms with Gasteiger partial charge in [0.2, 0.25) is 0 Å². The standard InChI is InChI=1S/C18H18INO4/c1-11-9-14(7-8-15(11)19)20-10-13-5-4-6-16(23-3)17(13)24-12(2)18(21)22/h4-10,12H,1-3H3,(H,21,22)/t12-/m0/s1. The van der Waals surface area contributed by atoms with E-state index in [1.807, 2.05) is 25.1 Å². The summed E-state index contributed by atoms with van der Waals surface area (Å²) in [5.41, 5.74) is 2.61. The molecule has 0 spiro atoms. The number of hydrogen-bond acceptors (Lipinski definition) is 4. The molecule has 0 fully saturated rings. The van der Waals surface area contributed by atoms with Crippen molar-refractivity contribution >= 4 is 40.5 Å². The summed E-state index contributed by atoms with van der Waals surface area (Å²) in [7, 11) is 1.51. The summed E-state index contributed by atoms with van der Waals surface area (Å²) < 4.78 is 12.0. The Labute approximate surface area is 154 Å². The van der Waals surface area contributed by atoms with Crippen LogP contribution in [-0.2, 0) is 4.79 Å². The molecule has 126 valence electrons. The van der Waals surface area contributed by atoms with Crippen LogP contribution in [-0.4, -0.2) is 30.5 Å². The van der Waals surface area contributed by atoms with Crippen LogP contribution in [0.1, 0.15) is 18.1 Å². The predicted molar refractivity (Wildman–Crippen MR) is 102 cm³/mol. The molecule has 0 saturated carbocycles. The summed E-state index contributed by atoms with van der Waals surface area (Å²) in [4.78, 5) is 15.5. The van der Waals surface area contributed by atoms with E-state index in [9.17, 15) is 4.79 Å². The van der Waals surface area contributed by atoms with E-state index in [1.165, 1.54) is 17.6 Å². The van der Waals surface area contributed by atoms with Gasteiger partial charge in [0.1, 0.15) is 0 Å². The van der Waals surface area contributed by atoms with Crippen LogP contribution in [0.3, 0.4) is 0 Å². The Balaban J connectivity index is 2.36. The molecule has 0 radical (unpaired) electrons. The molecule has 2 rings (SSSR count). The minimum atomic E-state index is -1.04. The van der Waals surface area contributed by atoms with Crippen LogP contribution in [0.2, 0.25) is 0 Å². The fourth-order valence-electron chi connectivity index (χ4n) is 2.00. The third kappa shape index (κ3) is 4.47. The largest absolute Gasteiger partial charge is 0.493 e. The fraction of sp³-hybridized carbons (Fsp3) is 0.222. The maximum absolute atomic E-state index is 11.1. The highest BCUT2D eigenvalue weighted by atomic mass is 127. The first-order valence-electron chi connectivity index (χ1n) is 7.29. The molecule has 0 aliphatic rings. The molecule has 5 nitrogen and oxygen atoms in total. The highest BCUT2D eigenvalue weighted by Gasteiger charge is 2.17. The van der Waals surface area contributed by atoms with Crippen LogP contribution in [0.5, 0.6) is 11.5 Å². The second-order valence-corrected chi connectivity index (χ2v) is 6.33. The van der Waals surface area contributed by atoms with Crippen molar-refractivity contribution in [3.63, 3.8) is 0 Å². The number of carboxylic acids is 1. The molecule has 0 unspecified atom stereocenters. The van der Waals surface area contributed by atoms with Gasteiger partial charge in [0.15, 0.2) is 17.6 Å². The van der Waals surface area contributed by atoms with Gasteiger partial charge in [-0.3, -0.25) is 4.99 Å². The van der Waals surface area contributed by atoms with Crippen LogP contribution in [0.4, 0.5) is 5.69 Å². The Morgan fingerprint density at radius 1 is 1.33 bits per heavy atom. The van der Waals surface area contributed by atoms with E-state index in [-0.39, 0.29) is 0 Å². The van der Waals surface area contributed by atoms with E-state index in [2.05, 4.69) is 27.6 Å². The third-order valence-electron chi connectivity index (χ3n) is 3.37. The summed E-state index contributed by atoms with van der Waals surface area (Å²) in [6.07, 6.45) is 0.655. The van der Waals surface area contributed by atoms with Crippen LogP contribution in [0.15, 0.2) is 41.4 Å². The van der Waals surface area contributed by atoms with E-state index in [1.54, 1.807) is 24.4 Å². The van der Waals surface area contributed by atoms with Crippen LogP contribution in [0, 0.1) is 10.5 Å². The topological polar surface area (TPSA) is 68.1 Å². The first kappa shape index (κ1) is 18.3. The number of halogens is 1. The number of aliphatic imine (C=N–C) groups is 1. The molecule has 2 aromatic rings. The molecule has 0 bridgehead atoms. The molecule has 0 aliphatic carbocycles. The number of methoxy groups -OCH3 is 1. The second-order valence-electron chi connectivity index (χ2n) is 5.17. The number of carboxylic acid groups (broad SMARTS) is 1. The zero-order valence-corrected chi connectivity index (χ0v) is 15.8. The monoisotopic (exact) mass is 439 g/mol. The number of aryl methyl sites for hydroxylation is 1. The normalized spacial score (nSPS) is 12.2. The Morgan fingerprint density at radius 2 is 2.08 bits per heavy atom. The van der Waals surface area contributed by atoms with Crippen molar-refractivity contribution < 1.29 is 19.4 Å². The van der Waals surface area contributed by atoms with Gasteiger partial charge in [-0.05, 0) is 72.3 Å². The van der Waals surface area contributed by atoms with Gasteiger partial charge in [-0.15, -0.1) is 0 Å². The lowest BCUT2D eigenvalue weighted by Gasteiger charge is -2.15. The maximum Gasteiger partial charge on any atom is 0.344 e. The van der Waals surface area contributed by atoms with Crippen molar-refractivity contribution in [1.82, 2.24) is 0 Å². The molecule has 6 heteroatoms. The van der Waals surface area contributed by atoms with Gasteiger partial charge >= 0.3 is 5.97 Å². The third-order valence-corrected chi connectivity index (χ3v) is 4.58. The van der Waals surface area contributed by atoms with Crippen molar-refractivity contribution in [2.45, 2.75) is 20.0 Å². The Morgan fingerprint density at radius 3 is 2.71 bits per heavy atom. The number of aliphatic carboxylic acids is 1. The number of rotatable bonds is 6. The Kier molecular flexibility index (Phi) is 6.19. The van der Waals surface area contributed by atoms with E-state index in [4.69, 9.17) is 14.6 Å². The summed E-state index contributed by atoms with van der Waals surface area (Å²) >= 11 is 2.27. The second kappa shape index (κ2) is 8.14. The maximum atomic E-state index is 11.1. The van der Waals surface area contributed by atoms with E-state index in [0.29, 0.717) is 17.1 Å². The van der Waals surface area contributed by atoms with Crippen LogP contribution in [0.25, 0.3) is 0 Å². The molecule has 0 saturated heterocycles. The van der Waals surface area contributed by atoms with Gasteiger partial charge in [-0.2, -0.15) is 0 Å². The molecule has 0 aliphatic heterocycles. The molecule has 0 heterocycles. The number of carbonyl (C=O) groups is 1. The van der Waals surface area contributed by atoms with Gasteiger partial charge in [-0.25, -0.2) is 4.79 Å². The van der Waals surface area contributed by atoms with Gasteiger partial charge in [0, 0.05) is 15.3 Å². The molecular weight excluding hydrogens is 421 g/mol. The lowest BCUT2D eigenvalue weighted by molar-refractivity contribution is -0.144. The molecular formula is C18H18INO4. The van der Waals surface area contributed by atoms with E-state index < -0.39 is 12.1 Å². The number of para-hydroxylation sites is 1. The van der Waals surface area contributed by atoms with Crippen molar-refractivity contribution in [3.8, 4) is 11.5 Å². The Bertz CT molecular complexity index is 774. The first-order valence-corrected chi connectivity index (χ1v) is 8.37. The number of nitrogens with zero attached hydrogens (tertiary/aromatic N) is 1. The predicted octanol–water partition coefficient (Wildman–Crippen LogP) is 4.21. The zero-order chi connectivity index (χ0) is 17.7. The fourth-order valence-corrected chi connectivity index (χ4v) is 2.34. The van der Waals surface area contributed by atoms with Crippen molar-refractivity contribution in [2.24, 2.45) is 4.99 Å². The number of benzene rings is 2. The van der Waals surface area contributed by atoms with Gasteiger partial charge in [0.05, 0.1) is 12.8 Å². The Hall–Kier alpha value is -2.09. The van der Waals surface area contributed by atoms with Crippen molar-refractivity contribution in [2.75, 3.05) is 7.11 Å². The number of ether oxygens (including phenoxy) is 2. The summed E-state index contributed by atoms with van der Waals surface area (Å²) in [6.45, 7) is 3.49. The van der Waals surface area contributed by atoms with E-state index in [0.717, 1.165) is 11.3 Å². The van der Waals surface area contributed by atoms with Crippen LogP contribution < -0.4 is 9.47 Å².